The first-order valence-electron chi connectivity index (χ1n) is 8.02. The van der Waals surface area contributed by atoms with E-state index in [0.717, 1.165) is 12.0 Å². The van der Waals surface area contributed by atoms with Crippen LogP contribution in [0.2, 0.25) is 0 Å². The van der Waals surface area contributed by atoms with Crippen molar-refractivity contribution in [2.45, 2.75) is 32.9 Å². The van der Waals surface area contributed by atoms with E-state index in [0.29, 0.717) is 13.1 Å². The van der Waals surface area contributed by atoms with Crippen molar-refractivity contribution in [2.24, 2.45) is 0 Å². The SMILES string of the molecule is CC(C)N(Cc1ccccc1)C(=O)N(C)CCc1ccncc1. The van der Waals surface area contributed by atoms with Gasteiger partial charge in [-0.2, -0.15) is 0 Å². The minimum atomic E-state index is 0.0675. The van der Waals surface area contributed by atoms with E-state index in [9.17, 15) is 4.79 Å². The summed E-state index contributed by atoms with van der Waals surface area (Å²) in [6.07, 6.45) is 4.40. The van der Waals surface area contributed by atoms with Gasteiger partial charge in [0.05, 0.1) is 0 Å². The molecule has 1 heterocycles. The highest BCUT2D eigenvalue weighted by Gasteiger charge is 2.20. The highest BCUT2D eigenvalue weighted by molar-refractivity contribution is 5.74. The van der Waals surface area contributed by atoms with Crippen LogP contribution >= 0.6 is 0 Å². The fourth-order valence-electron chi connectivity index (χ4n) is 2.41. The number of aromatic nitrogens is 1. The Morgan fingerprint density at radius 3 is 2.30 bits per heavy atom. The normalized spacial score (nSPS) is 10.6. The number of hydrogen-bond acceptors (Lipinski definition) is 2. The van der Waals surface area contributed by atoms with Gasteiger partial charge in [0, 0.05) is 38.6 Å². The Balaban J connectivity index is 1.96. The molecule has 0 unspecified atom stereocenters. The topological polar surface area (TPSA) is 36.4 Å². The lowest BCUT2D eigenvalue weighted by atomic mass is 10.2. The molecule has 4 nitrogen and oxygen atoms in total. The summed E-state index contributed by atoms with van der Waals surface area (Å²) in [7, 11) is 1.86. The van der Waals surface area contributed by atoms with Crippen LogP contribution in [-0.2, 0) is 13.0 Å². The number of carbonyl (C=O) groups is 1. The van der Waals surface area contributed by atoms with Crippen molar-refractivity contribution in [2.75, 3.05) is 13.6 Å². The summed E-state index contributed by atoms with van der Waals surface area (Å²) in [5, 5.41) is 0. The highest BCUT2D eigenvalue weighted by Crippen LogP contribution is 2.11. The van der Waals surface area contributed by atoms with Gasteiger partial charge in [-0.05, 0) is 43.5 Å². The molecule has 4 heteroatoms. The van der Waals surface area contributed by atoms with Crippen molar-refractivity contribution in [3.05, 3.63) is 66.0 Å². The van der Waals surface area contributed by atoms with E-state index < -0.39 is 0 Å². The maximum absolute atomic E-state index is 12.7. The van der Waals surface area contributed by atoms with Gasteiger partial charge >= 0.3 is 6.03 Å². The smallest absolute Gasteiger partial charge is 0.320 e. The first-order chi connectivity index (χ1) is 11.1. The molecule has 0 aliphatic carbocycles. The van der Waals surface area contributed by atoms with Gasteiger partial charge in [-0.25, -0.2) is 4.79 Å². The molecule has 0 fully saturated rings. The van der Waals surface area contributed by atoms with Crippen molar-refractivity contribution >= 4 is 6.03 Å². The first-order valence-corrected chi connectivity index (χ1v) is 8.02. The third-order valence-corrected chi connectivity index (χ3v) is 3.88. The van der Waals surface area contributed by atoms with E-state index >= 15 is 0 Å². The predicted octanol–water partition coefficient (Wildman–Crippen LogP) is 3.59. The summed E-state index contributed by atoms with van der Waals surface area (Å²) < 4.78 is 0. The number of pyridine rings is 1. The number of likely N-dealkylation sites (N-methyl/N-ethyl adjacent to an activating group) is 1. The fraction of sp³-hybridized carbons (Fsp3) is 0.368. The summed E-state index contributed by atoms with van der Waals surface area (Å²) in [4.78, 5) is 20.5. The van der Waals surface area contributed by atoms with Crippen LogP contribution in [0.4, 0.5) is 4.79 Å². The maximum Gasteiger partial charge on any atom is 0.320 e. The number of nitrogens with zero attached hydrogens (tertiary/aromatic N) is 3. The predicted molar refractivity (Wildman–Crippen MR) is 93.1 cm³/mol. The van der Waals surface area contributed by atoms with E-state index in [2.05, 4.69) is 31.0 Å². The lowest BCUT2D eigenvalue weighted by Crippen LogP contribution is -2.45. The average Bonchev–Trinajstić information content (AvgIpc) is 2.58. The van der Waals surface area contributed by atoms with Crippen molar-refractivity contribution in [3.63, 3.8) is 0 Å². The molecule has 0 atom stereocenters. The molecule has 0 bridgehead atoms. The van der Waals surface area contributed by atoms with Gasteiger partial charge in [0.1, 0.15) is 0 Å². The third-order valence-electron chi connectivity index (χ3n) is 3.88. The molecule has 0 radical (unpaired) electrons. The molecule has 122 valence electrons. The zero-order chi connectivity index (χ0) is 16.7. The number of amides is 2. The van der Waals surface area contributed by atoms with E-state index in [1.54, 1.807) is 17.3 Å². The van der Waals surface area contributed by atoms with Crippen molar-refractivity contribution in [1.82, 2.24) is 14.8 Å². The summed E-state index contributed by atoms with van der Waals surface area (Å²) in [6, 6.07) is 14.3. The molecule has 1 aromatic heterocycles. The Hall–Kier alpha value is -2.36. The molecule has 0 saturated heterocycles. The Morgan fingerprint density at radius 2 is 1.70 bits per heavy atom. The minimum Gasteiger partial charge on any atom is -0.327 e. The molecule has 0 aliphatic rings. The van der Waals surface area contributed by atoms with Crippen molar-refractivity contribution < 1.29 is 4.79 Å². The Labute approximate surface area is 138 Å². The van der Waals surface area contributed by atoms with Gasteiger partial charge in [0.25, 0.3) is 0 Å². The van der Waals surface area contributed by atoms with Gasteiger partial charge in [0.2, 0.25) is 0 Å². The second-order valence-electron chi connectivity index (χ2n) is 6.02. The molecule has 2 aromatic rings. The Morgan fingerprint density at radius 1 is 1.04 bits per heavy atom. The highest BCUT2D eigenvalue weighted by atomic mass is 16.2. The average molecular weight is 311 g/mol. The first kappa shape index (κ1) is 17.0. The van der Waals surface area contributed by atoms with E-state index in [4.69, 9.17) is 0 Å². The Kier molecular flexibility index (Phi) is 6.15. The lowest BCUT2D eigenvalue weighted by molar-refractivity contribution is 0.146. The Bertz CT molecular complexity index is 599. The van der Waals surface area contributed by atoms with Crippen LogP contribution in [0.5, 0.6) is 0 Å². The summed E-state index contributed by atoms with van der Waals surface area (Å²) in [6.45, 7) is 5.44. The van der Waals surface area contributed by atoms with E-state index in [1.807, 2.05) is 42.3 Å². The molecule has 1 aromatic carbocycles. The summed E-state index contributed by atoms with van der Waals surface area (Å²) >= 11 is 0. The van der Waals surface area contributed by atoms with Crippen molar-refractivity contribution in [1.29, 1.82) is 0 Å². The van der Waals surface area contributed by atoms with Crippen LogP contribution in [0.25, 0.3) is 0 Å². The quantitative estimate of drug-likeness (QED) is 0.817. The minimum absolute atomic E-state index is 0.0675. The molecule has 2 rings (SSSR count). The second kappa shape index (κ2) is 8.32. The number of carbonyl (C=O) groups excluding carboxylic acids is 1. The molecule has 0 saturated carbocycles. The van der Waals surface area contributed by atoms with Crippen LogP contribution in [0, 0.1) is 0 Å². The molecular weight excluding hydrogens is 286 g/mol. The largest absolute Gasteiger partial charge is 0.327 e. The van der Waals surface area contributed by atoms with Gasteiger partial charge in [-0.1, -0.05) is 30.3 Å². The number of hydrogen-bond donors (Lipinski definition) is 0. The van der Waals surface area contributed by atoms with Crippen LogP contribution < -0.4 is 0 Å². The van der Waals surface area contributed by atoms with Gasteiger partial charge < -0.3 is 9.80 Å². The monoisotopic (exact) mass is 311 g/mol. The molecule has 0 spiro atoms. The molecule has 23 heavy (non-hydrogen) atoms. The molecule has 0 N–H and O–H groups in total. The zero-order valence-corrected chi connectivity index (χ0v) is 14.1. The van der Waals surface area contributed by atoms with Crippen LogP contribution in [-0.4, -0.2) is 40.4 Å². The molecular formula is C19H25N3O. The number of rotatable bonds is 6. The van der Waals surface area contributed by atoms with Crippen LogP contribution in [0.1, 0.15) is 25.0 Å². The summed E-state index contributed by atoms with van der Waals surface area (Å²) in [5.41, 5.74) is 2.34. The second-order valence-corrected chi connectivity index (χ2v) is 6.02. The van der Waals surface area contributed by atoms with E-state index in [-0.39, 0.29) is 12.1 Å². The fourth-order valence-corrected chi connectivity index (χ4v) is 2.41. The number of urea groups is 1. The molecule has 2 amide bonds. The van der Waals surface area contributed by atoms with Gasteiger partial charge in [-0.3, -0.25) is 4.98 Å². The van der Waals surface area contributed by atoms with Gasteiger partial charge in [-0.15, -0.1) is 0 Å². The zero-order valence-electron chi connectivity index (χ0n) is 14.1. The van der Waals surface area contributed by atoms with Crippen molar-refractivity contribution in [3.8, 4) is 0 Å². The third kappa shape index (κ3) is 5.09. The van der Waals surface area contributed by atoms with Crippen LogP contribution in [0.3, 0.4) is 0 Å². The standard InChI is InChI=1S/C19H25N3O/c1-16(2)22(15-18-7-5-4-6-8-18)19(23)21(3)14-11-17-9-12-20-13-10-17/h4-10,12-13,16H,11,14-15H2,1-3H3. The lowest BCUT2D eigenvalue weighted by Gasteiger charge is -2.31. The maximum atomic E-state index is 12.7. The van der Waals surface area contributed by atoms with E-state index in [1.165, 1.54) is 5.56 Å². The van der Waals surface area contributed by atoms with Gasteiger partial charge in [0.15, 0.2) is 0 Å². The molecule has 0 aliphatic heterocycles. The van der Waals surface area contributed by atoms with Crippen LogP contribution in [0.15, 0.2) is 54.9 Å². The number of benzene rings is 1. The summed E-state index contributed by atoms with van der Waals surface area (Å²) in [5.74, 6) is 0.